The maximum Gasteiger partial charge on any atom is 0.258 e. The van der Waals surface area contributed by atoms with Crippen molar-refractivity contribution in [1.29, 1.82) is 0 Å². The zero-order chi connectivity index (χ0) is 23.0. The van der Waals surface area contributed by atoms with Gasteiger partial charge in [-0.1, -0.05) is 30.3 Å². The van der Waals surface area contributed by atoms with Gasteiger partial charge in [0.15, 0.2) is 6.61 Å². The number of carbonyl (C=O) groups is 3. The molecule has 0 saturated carbocycles. The molecule has 0 bridgehead atoms. The first-order valence-corrected chi connectivity index (χ1v) is 10.7. The minimum Gasteiger partial charge on any atom is -0.484 e. The highest BCUT2D eigenvalue weighted by Gasteiger charge is 2.35. The number of hydrogen-bond acceptors (Lipinski definition) is 5. The smallest absolute Gasteiger partial charge is 0.258 e. The molecule has 4 rings (SSSR count). The summed E-state index contributed by atoms with van der Waals surface area (Å²) in [5.74, 6) is 0.255. The van der Waals surface area contributed by atoms with Crippen molar-refractivity contribution >= 4 is 23.4 Å². The van der Waals surface area contributed by atoms with Crippen molar-refractivity contribution in [1.82, 2.24) is 10.6 Å². The van der Waals surface area contributed by atoms with Gasteiger partial charge in [-0.25, -0.2) is 0 Å². The van der Waals surface area contributed by atoms with Gasteiger partial charge in [0, 0.05) is 25.2 Å². The molecule has 1 atom stereocenters. The van der Waals surface area contributed by atoms with Crippen LogP contribution in [-0.4, -0.2) is 30.9 Å². The van der Waals surface area contributed by atoms with E-state index >= 15 is 0 Å². The first-order valence-electron chi connectivity index (χ1n) is 10.7. The van der Waals surface area contributed by atoms with Crippen molar-refractivity contribution in [2.75, 3.05) is 18.1 Å². The number of ether oxygens (including phenoxy) is 1. The van der Waals surface area contributed by atoms with Crippen LogP contribution in [0.5, 0.6) is 5.75 Å². The van der Waals surface area contributed by atoms with Gasteiger partial charge < -0.3 is 24.7 Å². The molecule has 8 nitrogen and oxygen atoms in total. The van der Waals surface area contributed by atoms with Gasteiger partial charge in [-0.2, -0.15) is 0 Å². The highest BCUT2D eigenvalue weighted by molar-refractivity contribution is 6.00. The summed E-state index contributed by atoms with van der Waals surface area (Å²) in [6.07, 6.45) is 1.71. The third-order valence-corrected chi connectivity index (χ3v) is 5.36. The quantitative estimate of drug-likeness (QED) is 0.525. The summed E-state index contributed by atoms with van der Waals surface area (Å²) >= 11 is 0. The van der Waals surface area contributed by atoms with Gasteiger partial charge in [-0.05, 0) is 42.0 Å². The van der Waals surface area contributed by atoms with Crippen molar-refractivity contribution in [3.05, 3.63) is 84.3 Å². The van der Waals surface area contributed by atoms with Gasteiger partial charge in [-0.3, -0.25) is 14.4 Å². The molecule has 1 aliphatic rings. The Morgan fingerprint density at radius 2 is 1.76 bits per heavy atom. The first kappa shape index (κ1) is 22.1. The SMILES string of the molecule is O=C(COc1ccc(N2C[C@H](C(=O)NCc3ccco3)CC2=O)cc1)NCc1ccccc1. The van der Waals surface area contributed by atoms with Crippen molar-refractivity contribution in [3.63, 3.8) is 0 Å². The maximum atomic E-state index is 12.5. The van der Waals surface area contributed by atoms with E-state index in [9.17, 15) is 14.4 Å². The molecule has 1 aromatic heterocycles. The third kappa shape index (κ3) is 6.00. The minimum absolute atomic E-state index is 0.104. The Hall–Kier alpha value is -4.07. The van der Waals surface area contributed by atoms with E-state index in [4.69, 9.17) is 9.15 Å². The third-order valence-electron chi connectivity index (χ3n) is 5.36. The van der Waals surface area contributed by atoms with E-state index in [1.54, 1.807) is 47.6 Å². The van der Waals surface area contributed by atoms with E-state index in [2.05, 4.69) is 10.6 Å². The van der Waals surface area contributed by atoms with Gasteiger partial charge in [0.05, 0.1) is 18.7 Å². The average molecular weight is 447 g/mol. The molecular formula is C25H25N3O5. The van der Waals surface area contributed by atoms with Crippen LogP contribution in [0.15, 0.2) is 77.4 Å². The summed E-state index contributed by atoms with van der Waals surface area (Å²) in [7, 11) is 0. The molecule has 2 heterocycles. The lowest BCUT2D eigenvalue weighted by Gasteiger charge is -2.17. The Balaban J connectivity index is 1.24. The van der Waals surface area contributed by atoms with E-state index < -0.39 is 5.92 Å². The molecule has 0 spiro atoms. The number of carbonyl (C=O) groups excluding carboxylic acids is 3. The maximum absolute atomic E-state index is 12.5. The molecule has 2 N–H and O–H groups in total. The molecule has 3 aromatic rings. The molecule has 1 fully saturated rings. The second-order valence-electron chi connectivity index (χ2n) is 7.75. The number of nitrogens with one attached hydrogen (secondary N) is 2. The Morgan fingerprint density at radius 1 is 0.970 bits per heavy atom. The Bertz CT molecular complexity index is 1080. The topological polar surface area (TPSA) is 101 Å². The summed E-state index contributed by atoms with van der Waals surface area (Å²) in [6, 6.07) is 20.1. The number of amides is 3. The van der Waals surface area contributed by atoms with Gasteiger partial charge in [0.2, 0.25) is 11.8 Å². The van der Waals surface area contributed by atoms with Crippen LogP contribution >= 0.6 is 0 Å². The van der Waals surface area contributed by atoms with Crippen LogP contribution in [0.2, 0.25) is 0 Å². The second kappa shape index (κ2) is 10.5. The van der Waals surface area contributed by atoms with Crippen LogP contribution in [0, 0.1) is 5.92 Å². The van der Waals surface area contributed by atoms with Crippen molar-refractivity contribution < 1.29 is 23.5 Å². The van der Waals surface area contributed by atoms with E-state index in [0.717, 1.165) is 5.56 Å². The second-order valence-corrected chi connectivity index (χ2v) is 7.75. The standard InChI is InChI=1S/C25H25N3O5/c29-23(26-14-18-5-2-1-3-6-18)17-33-21-10-8-20(9-11-21)28-16-19(13-24(28)30)25(31)27-15-22-7-4-12-32-22/h1-12,19H,13-17H2,(H,26,29)(H,27,31)/t19-/m1/s1. The molecule has 33 heavy (non-hydrogen) atoms. The van der Waals surface area contributed by atoms with Gasteiger partial charge in [-0.15, -0.1) is 0 Å². The lowest BCUT2D eigenvalue weighted by atomic mass is 10.1. The summed E-state index contributed by atoms with van der Waals surface area (Å²) in [4.78, 5) is 38.5. The molecule has 8 heteroatoms. The van der Waals surface area contributed by atoms with E-state index in [0.29, 0.717) is 36.8 Å². The summed E-state index contributed by atoms with van der Waals surface area (Å²) in [5, 5.41) is 5.61. The predicted octanol–water partition coefficient (Wildman–Crippen LogP) is 2.64. The monoisotopic (exact) mass is 447 g/mol. The minimum atomic E-state index is -0.420. The summed E-state index contributed by atoms with van der Waals surface area (Å²) < 4.78 is 10.7. The van der Waals surface area contributed by atoms with Crippen LogP contribution in [0.25, 0.3) is 0 Å². The van der Waals surface area contributed by atoms with E-state index in [1.807, 2.05) is 30.3 Å². The summed E-state index contributed by atoms with van der Waals surface area (Å²) in [6.45, 7) is 0.939. The highest BCUT2D eigenvalue weighted by atomic mass is 16.5. The molecular weight excluding hydrogens is 422 g/mol. The van der Waals surface area contributed by atoms with E-state index in [-0.39, 0.29) is 30.7 Å². The number of rotatable bonds is 9. The molecule has 1 saturated heterocycles. The highest BCUT2D eigenvalue weighted by Crippen LogP contribution is 2.27. The van der Waals surface area contributed by atoms with Gasteiger partial charge in [0.25, 0.3) is 5.91 Å². The predicted molar refractivity (Wildman–Crippen MR) is 121 cm³/mol. The lowest BCUT2D eigenvalue weighted by Crippen LogP contribution is -2.32. The lowest BCUT2D eigenvalue weighted by molar-refractivity contribution is -0.126. The molecule has 0 unspecified atom stereocenters. The van der Waals surface area contributed by atoms with Gasteiger partial charge in [0.1, 0.15) is 11.5 Å². The molecule has 0 aliphatic carbocycles. The zero-order valence-electron chi connectivity index (χ0n) is 18.0. The van der Waals surface area contributed by atoms with Crippen LogP contribution in [0.1, 0.15) is 17.7 Å². The fourth-order valence-corrected chi connectivity index (χ4v) is 3.58. The Labute approximate surface area is 191 Å². The Kier molecular flexibility index (Phi) is 7.04. The molecule has 2 aromatic carbocycles. The molecule has 1 aliphatic heterocycles. The number of anilines is 1. The Morgan fingerprint density at radius 3 is 2.48 bits per heavy atom. The fourth-order valence-electron chi connectivity index (χ4n) is 3.58. The molecule has 170 valence electrons. The number of nitrogens with zero attached hydrogens (tertiary/aromatic N) is 1. The van der Waals surface area contributed by atoms with Crippen molar-refractivity contribution in [2.24, 2.45) is 5.92 Å². The van der Waals surface area contributed by atoms with Crippen LogP contribution in [-0.2, 0) is 27.5 Å². The average Bonchev–Trinajstić information content (AvgIpc) is 3.51. The van der Waals surface area contributed by atoms with Gasteiger partial charge >= 0.3 is 0 Å². The largest absolute Gasteiger partial charge is 0.484 e. The number of hydrogen-bond donors (Lipinski definition) is 2. The molecule has 3 amide bonds. The molecule has 0 radical (unpaired) electrons. The normalized spacial score (nSPS) is 15.3. The number of furan rings is 1. The number of benzene rings is 2. The fraction of sp³-hybridized carbons (Fsp3) is 0.240. The van der Waals surface area contributed by atoms with E-state index in [1.165, 1.54) is 0 Å². The van der Waals surface area contributed by atoms with Crippen LogP contribution in [0.4, 0.5) is 5.69 Å². The first-order chi connectivity index (χ1) is 16.1. The van der Waals surface area contributed by atoms with Crippen molar-refractivity contribution in [3.8, 4) is 5.75 Å². The van der Waals surface area contributed by atoms with Crippen molar-refractivity contribution in [2.45, 2.75) is 19.5 Å². The summed E-state index contributed by atoms with van der Waals surface area (Å²) in [5.41, 5.74) is 1.70. The van der Waals surface area contributed by atoms with Crippen LogP contribution in [0.3, 0.4) is 0 Å². The van der Waals surface area contributed by atoms with Crippen LogP contribution < -0.4 is 20.3 Å². The zero-order valence-corrected chi connectivity index (χ0v) is 18.0.